The number of ether oxygens (including phenoxy) is 1. The number of nitrogens with one attached hydrogen (secondary N) is 1. The van der Waals surface area contributed by atoms with Gasteiger partial charge in [-0.1, -0.05) is 34.1 Å². The van der Waals surface area contributed by atoms with Crippen LogP contribution in [0.4, 0.5) is 16.2 Å². The summed E-state index contributed by atoms with van der Waals surface area (Å²) in [6.45, 7) is 1.78. The largest absolute Gasteiger partial charge is 0.494 e. The van der Waals surface area contributed by atoms with E-state index in [2.05, 4.69) is 26.2 Å². The first-order valence-electron chi connectivity index (χ1n) is 8.04. The standard InChI is InChI=1S/C19H16BrN3O4/c1-11-5-3-4-6-15(11)23-18(25)13(17(24)22-19(23)26)10-21-14-9-12(20)7-8-16(14)27-2/h3-10,13H,1-2H3,(H,22,24,26)/t13-/m0/s1. The van der Waals surface area contributed by atoms with Crippen LogP contribution in [0.15, 0.2) is 51.9 Å². The third-order valence-corrected chi connectivity index (χ3v) is 4.56. The smallest absolute Gasteiger partial charge is 0.335 e. The maximum Gasteiger partial charge on any atom is 0.335 e. The third kappa shape index (κ3) is 3.75. The molecule has 0 aliphatic carbocycles. The van der Waals surface area contributed by atoms with Crippen LogP contribution in [0.1, 0.15) is 5.56 Å². The van der Waals surface area contributed by atoms with Gasteiger partial charge in [0.2, 0.25) is 5.91 Å². The lowest BCUT2D eigenvalue weighted by Gasteiger charge is -2.29. The molecule has 3 rings (SSSR count). The maximum atomic E-state index is 12.9. The Labute approximate surface area is 164 Å². The Balaban J connectivity index is 1.95. The van der Waals surface area contributed by atoms with Crippen LogP contribution < -0.4 is 15.0 Å². The van der Waals surface area contributed by atoms with Crippen molar-refractivity contribution >= 4 is 51.4 Å². The molecule has 1 aliphatic heterocycles. The number of carbonyl (C=O) groups is 3. The SMILES string of the molecule is COc1ccc(Br)cc1N=C[C@H]1C(=O)NC(=O)N(c2ccccc2C)C1=O. The molecule has 138 valence electrons. The summed E-state index contributed by atoms with van der Waals surface area (Å²) in [6.07, 6.45) is 1.22. The molecular formula is C19H16BrN3O4. The molecule has 1 atom stereocenters. The van der Waals surface area contributed by atoms with Crippen LogP contribution in [-0.2, 0) is 9.59 Å². The van der Waals surface area contributed by atoms with Crippen LogP contribution in [0.3, 0.4) is 0 Å². The molecular weight excluding hydrogens is 414 g/mol. The van der Waals surface area contributed by atoms with Crippen LogP contribution in [0, 0.1) is 12.8 Å². The van der Waals surface area contributed by atoms with Gasteiger partial charge in [-0.2, -0.15) is 0 Å². The van der Waals surface area contributed by atoms with Crippen molar-refractivity contribution in [2.75, 3.05) is 12.0 Å². The van der Waals surface area contributed by atoms with Crippen LogP contribution in [0.2, 0.25) is 0 Å². The van der Waals surface area contributed by atoms with Gasteiger partial charge < -0.3 is 4.74 Å². The topological polar surface area (TPSA) is 88.1 Å². The number of halogens is 1. The fourth-order valence-corrected chi connectivity index (χ4v) is 3.03. The molecule has 1 fully saturated rings. The van der Waals surface area contributed by atoms with Crippen molar-refractivity contribution in [2.45, 2.75) is 6.92 Å². The van der Waals surface area contributed by atoms with E-state index in [0.29, 0.717) is 17.1 Å². The number of urea groups is 1. The highest BCUT2D eigenvalue weighted by Crippen LogP contribution is 2.31. The molecule has 0 saturated carbocycles. The molecule has 1 heterocycles. The summed E-state index contributed by atoms with van der Waals surface area (Å²) >= 11 is 3.34. The van der Waals surface area contributed by atoms with Gasteiger partial charge in [0, 0.05) is 10.7 Å². The second kappa shape index (κ2) is 7.71. The summed E-state index contributed by atoms with van der Waals surface area (Å²) < 4.78 is 6.00. The highest BCUT2D eigenvalue weighted by atomic mass is 79.9. The van der Waals surface area contributed by atoms with E-state index in [1.165, 1.54) is 13.3 Å². The maximum absolute atomic E-state index is 12.9. The van der Waals surface area contributed by atoms with Crippen molar-refractivity contribution in [3.8, 4) is 5.75 Å². The lowest BCUT2D eigenvalue weighted by Crippen LogP contribution is -2.58. The molecule has 0 radical (unpaired) electrons. The summed E-state index contributed by atoms with van der Waals surface area (Å²) in [4.78, 5) is 42.5. The van der Waals surface area contributed by atoms with E-state index < -0.39 is 23.8 Å². The first-order chi connectivity index (χ1) is 12.9. The van der Waals surface area contributed by atoms with E-state index in [1.807, 2.05) is 0 Å². The Morgan fingerprint density at radius 1 is 1.19 bits per heavy atom. The fourth-order valence-electron chi connectivity index (χ4n) is 2.68. The number of aryl methyl sites for hydroxylation is 1. The molecule has 1 aliphatic rings. The van der Waals surface area contributed by atoms with E-state index >= 15 is 0 Å². The summed E-state index contributed by atoms with van der Waals surface area (Å²) in [5.74, 6) is -2.11. The average Bonchev–Trinajstić information content (AvgIpc) is 2.63. The van der Waals surface area contributed by atoms with E-state index in [0.717, 1.165) is 14.9 Å². The average molecular weight is 430 g/mol. The molecule has 27 heavy (non-hydrogen) atoms. The summed E-state index contributed by atoms with van der Waals surface area (Å²) in [5, 5.41) is 2.21. The van der Waals surface area contributed by atoms with Crippen LogP contribution in [0.5, 0.6) is 5.75 Å². The van der Waals surface area contributed by atoms with Crippen molar-refractivity contribution in [2.24, 2.45) is 10.9 Å². The van der Waals surface area contributed by atoms with Crippen molar-refractivity contribution in [1.82, 2.24) is 5.32 Å². The minimum absolute atomic E-state index is 0.422. The number of rotatable bonds is 4. The Morgan fingerprint density at radius 3 is 2.63 bits per heavy atom. The zero-order valence-electron chi connectivity index (χ0n) is 14.6. The number of benzene rings is 2. The minimum atomic E-state index is -1.23. The highest BCUT2D eigenvalue weighted by molar-refractivity contribution is 9.10. The Bertz CT molecular complexity index is 958. The first-order valence-corrected chi connectivity index (χ1v) is 8.84. The molecule has 1 N–H and O–H groups in total. The summed E-state index contributed by atoms with van der Waals surface area (Å²) in [7, 11) is 1.50. The molecule has 0 bridgehead atoms. The number of amides is 4. The molecule has 0 spiro atoms. The first kappa shape index (κ1) is 18.8. The number of barbiturate groups is 1. The number of hydrogen-bond acceptors (Lipinski definition) is 5. The van der Waals surface area contributed by atoms with E-state index in [4.69, 9.17) is 4.74 Å². The van der Waals surface area contributed by atoms with Gasteiger partial charge in [0.1, 0.15) is 11.4 Å². The minimum Gasteiger partial charge on any atom is -0.494 e. The van der Waals surface area contributed by atoms with Gasteiger partial charge >= 0.3 is 6.03 Å². The van der Waals surface area contributed by atoms with Crippen molar-refractivity contribution < 1.29 is 19.1 Å². The van der Waals surface area contributed by atoms with Gasteiger partial charge in [0.15, 0.2) is 5.92 Å². The van der Waals surface area contributed by atoms with Crippen molar-refractivity contribution in [3.63, 3.8) is 0 Å². The Hall–Kier alpha value is -3.00. The molecule has 7 nitrogen and oxygen atoms in total. The second-order valence-electron chi connectivity index (χ2n) is 5.83. The number of hydrogen-bond donors (Lipinski definition) is 1. The molecule has 2 aromatic rings. The summed E-state index contributed by atoms with van der Waals surface area (Å²) in [6, 6.07) is 11.4. The quantitative estimate of drug-likeness (QED) is 0.595. The molecule has 2 aromatic carbocycles. The zero-order valence-corrected chi connectivity index (χ0v) is 16.2. The van der Waals surface area contributed by atoms with Gasteiger partial charge in [-0.25, -0.2) is 9.69 Å². The predicted molar refractivity (Wildman–Crippen MR) is 105 cm³/mol. The highest BCUT2D eigenvalue weighted by Gasteiger charge is 2.40. The number of aliphatic imine (C=N–C) groups is 1. The fraction of sp³-hybridized carbons (Fsp3) is 0.158. The van der Waals surface area contributed by atoms with E-state index in [-0.39, 0.29) is 0 Å². The van der Waals surface area contributed by atoms with Crippen LogP contribution in [-0.4, -0.2) is 31.2 Å². The van der Waals surface area contributed by atoms with Gasteiger partial charge in [0.25, 0.3) is 5.91 Å². The normalized spacial score (nSPS) is 17.4. The van der Waals surface area contributed by atoms with Gasteiger partial charge in [-0.3, -0.25) is 19.9 Å². The van der Waals surface area contributed by atoms with E-state index in [1.54, 1.807) is 49.4 Å². The van der Waals surface area contributed by atoms with Crippen LogP contribution >= 0.6 is 15.9 Å². The second-order valence-corrected chi connectivity index (χ2v) is 6.74. The number of para-hydroxylation sites is 1. The lowest BCUT2D eigenvalue weighted by atomic mass is 10.0. The lowest BCUT2D eigenvalue weighted by molar-refractivity contribution is -0.131. The molecule has 1 saturated heterocycles. The number of carbonyl (C=O) groups excluding carboxylic acids is 3. The van der Waals surface area contributed by atoms with Crippen LogP contribution in [0.25, 0.3) is 0 Å². The Morgan fingerprint density at radius 2 is 1.93 bits per heavy atom. The third-order valence-electron chi connectivity index (χ3n) is 4.06. The molecule has 0 aromatic heterocycles. The number of methoxy groups -OCH3 is 1. The van der Waals surface area contributed by atoms with Gasteiger partial charge in [0.05, 0.1) is 12.8 Å². The zero-order chi connectivity index (χ0) is 19.6. The van der Waals surface area contributed by atoms with Gasteiger partial charge in [-0.15, -0.1) is 0 Å². The number of imide groups is 2. The van der Waals surface area contributed by atoms with Crippen molar-refractivity contribution in [1.29, 1.82) is 0 Å². The van der Waals surface area contributed by atoms with Gasteiger partial charge in [-0.05, 0) is 36.8 Å². The Kier molecular flexibility index (Phi) is 5.36. The van der Waals surface area contributed by atoms with Crippen molar-refractivity contribution in [3.05, 3.63) is 52.5 Å². The molecule has 0 unspecified atom stereocenters. The summed E-state index contributed by atoms with van der Waals surface area (Å²) in [5.41, 5.74) is 1.61. The molecule has 8 heteroatoms. The number of anilines is 1. The van der Waals surface area contributed by atoms with E-state index in [9.17, 15) is 14.4 Å². The monoisotopic (exact) mass is 429 g/mol. The predicted octanol–water partition coefficient (Wildman–Crippen LogP) is 3.37. The number of nitrogens with zero attached hydrogens (tertiary/aromatic N) is 2. The molecule has 4 amide bonds.